The van der Waals surface area contributed by atoms with Gasteiger partial charge in [0.2, 0.25) is 5.91 Å². The van der Waals surface area contributed by atoms with E-state index >= 15 is 0 Å². The molecule has 1 aromatic carbocycles. The van der Waals surface area contributed by atoms with Gasteiger partial charge >= 0.3 is 5.97 Å². The van der Waals surface area contributed by atoms with E-state index in [1.807, 2.05) is 0 Å². The number of anilines is 1. The standard InChI is InChI=1S/C11H11FN2O5/c1-11(2,10(16)17)9(15)13-8-4-3-6(14(18)19)5-7(8)12/h3-5H,1-2H3,(H,13,15)(H,16,17). The van der Waals surface area contributed by atoms with Gasteiger partial charge in [0.1, 0.15) is 5.41 Å². The number of nitro benzene ring substituents is 1. The summed E-state index contributed by atoms with van der Waals surface area (Å²) in [6.07, 6.45) is 0. The highest BCUT2D eigenvalue weighted by atomic mass is 19.1. The lowest BCUT2D eigenvalue weighted by Gasteiger charge is -2.18. The van der Waals surface area contributed by atoms with Crippen molar-refractivity contribution in [3.05, 3.63) is 34.1 Å². The number of amides is 1. The summed E-state index contributed by atoms with van der Waals surface area (Å²) in [5.41, 5.74) is -2.52. The van der Waals surface area contributed by atoms with Crippen LogP contribution in [0.3, 0.4) is 0 Å². The highest BCUT2D eigenvalue weighted by Gasteiger charge is 2.36. The van der Waals surface area contributed by atoms with Crippen LogP contribution in [-0.4, -0.2) is 21.9 Å². The first-order valence-electron chi connectivity index (χ1n) is 5.15. The molecule has 8 heteroatoms. The maximum absolute atomic E-state index is 13.5. The fraction of sp³-hybridized carbons (Fsp3) is 0.273. The van der Waals surface area contributed by atoms with Gasteiger partial charge in [-0.1, -0.05) is 0 Å². The summed E-state index contributed by atoms with van der Waals surface area (Å²) in [6, 6.07) is 2.65. The van der Waals surface area contributed by atoms with Crippen molar-refractivity contribution in [3.63, 3.8) is 0 Å². The summed E-state index contributed by atoms with van der Waals surface area (Å²) >= 11 is 0. The van der Waals surface area contributed by atoms with Gasteiger partial charge in [0.05, 0.1) is 16.7 Å². The molecule has 0 saturated heterocycles. The Labute approximate surface area is 107 Å². The fourth-order valence-corrected chi connectivity index (χ4v) is 1.09. The number of benzene rings is 1. The van der Waals surface area contributed by atoms with Crippen molar-refractivity contribution in [1.29, 1.82) is 0 Å². The zero-order valence-electron chi connectivity index (χ0n) is 10.1. The summed E-state index contributed by atoms with van der Waals surface area (Å²) in [5.74, 6) is -3.30. The van der Waals surface area contributed by atoms with Crippen LogP contribution in [0.25, 0.3) is 0 Å². The van der Waals surface area contributed by atoms with Gasteiger partial charge in [0.25, 0.3) is 5.69 Å². The SMILES string of the molecule is CC(C)(C(=O)O)C(=O)Nc1ccc([N+](=O)[O-])cc1F. The normalized spacial score (nSPS) is 10.9. The zero-order chi connectivity index (χ0) is 14.8. The van der Waals surface area contributed by atoms with Crippen LogP contribution in [0.4, 0.5) is 15.8 Å². The van der Waals surface area contributed by atoms with E-state index in [1.54, 1.807) is 0 Å². The summed E-state index contributed by atoms with van der Waals surface area (Å²) < 4.78 is 13.5. The molecule has 0 aliphatic carbocycles. The third-order valence-corrected chi connectivity index (χ3v) is 2.51. The topological polar surface area (TPSA) is 110 Å². The molecule has 0 fully saturated rings. The van der Waals surface area contributed by atoms with Crippen LogP contribution in [0.15, 0.2) is 18.2 Å². The number of nitrogens with zero attached hydrogens (tertiary/aromatic N) is 1. The Morgan fingerprint density at radius 2 is 2.00 bits per heavy atom. The quantitative estimate of drug-likeness (QED) is 0.492. The van der Waals surface area contributed by atoms with E-state index in [9.17, 15) is 24.1 Å². The average Bonchev–Trinajstić information content (AvgIpc) is 2.30. The van der Waals surface area contributed by atoms with E-state index < -0.39 is 33.7 Å². The first kappa shape index (κ1) is 14.6. The second kappa shape index (κ2) is 5.01. The molecule has 0 saturated carbocycles. The minimum atomic E-state index is -1.74. The van der Waals surface area contributed by atoms with Crippen molar-refractivity contribution in [3.8, 4) is 0 Å². The number of hydrogen-bond acceptors (Lipinski definition) is 4. The molecule has 0 spiro atoms. The molecule has 1 aromatic rings. The Kier molecular flexibility index (Phi) is 3.83. The minimum Gasteiger partial charge on any atom is -0.480 e. The van der Waals surface area contributed by atoms with Crippen LogP contribution in [0.5, 0.6) is 0 Å². The number of aliphatic carboxylic acids is 1. The maximum Gasteiger partial charge on any atom is 0.318 e. The smallest absolute Gasteiger partial charge is 0.318 e. The number of halogens is 1. The Bertz CT molecular complexity index is 556. The summed E-state index contributed by atoms with van der Waals surface area (Å²) in [5, 5.41) is 21.3. The van der Waals surface area contributed by atoms with Gasteiger partial charge < -0.3 is 10.4 Å². The second-order valence-corrected chi connectivity index (χ2v) is 4.31. The molecule has 0 atom stereocenters. The monoisotopic (exact) mass is 270 g/mol. The van der Waals surface area contributed by atoms with Crippen LogP contribution in [0.1, 0.15) is 13.8 Å². The molecule has 0 bridgehead atoms. The lowest BCUT2D eigenvalue weighted by Crippen LogP contribution is -2.38. The zero-order valence-corrected chi connectivity index (χ0v) is 10.1. The Balaban J connectivity index is 2.98. The van der Waals surface area contributed by atoms with Crippen molar-refractivity contribution in [2.75, 3.05) is 5.32 Å². The van der Waals surface area contributed by atoms with Crippen LogP contribution in [0.2, 0.25) is 0 Å². The van der Waals surface area contributed by atoms with Crippen LogP contribution >= 0.6 is 0 Å². The summed E-state index contributed by atoms with van der Waals surface area (Å²) in [7, 11) is 0. The molecule has 7 nitrogen and oxygen atoms in total. The van der Waals surface area contributed by atoms with E-state index in [4.69, 9.17) is 5.11 Å². The number of carboxylic acids is 1. The molecule has 102 valence electrons. The highest BCUT2D eigenvalue weighted by Crippen LogP contribution is 2.23. The molecule has 1 rings (SSSR count). The van der Waals surface area contributed by atoms with E-state index in [0.29, 0.717) is 6.07 Å². The molecule has 1 amide bonds. The third-order valence-electron chi connectivity index (χ3n) is 2.51. The number of rotatable bonds is 4. The first-order chi connectivity index (χ1) is 8.66. The second-order valence-electron chi connectivity index (χ2n) is 4.31. The Morgan fingerprint density at radius 3 is 2.42 bits per heavy atom. The number of carboxylic acid groups (broad SMARTS) is 1. The highest BCUT2D eigenvalue weighted by molar-refractivity contribution is 6.07. The maximum atomic E-state index is 13.5. The van der Waals surface area contributed by atoms with Crippen LogP contribution < -0.4 is 5.32 Å². The molecule has 0 aliphatic heterocycles. The van der Waals surface area contributed by atoms with Crippen molar-refractivity contribution < 1.29 is 24.0 Å². The molecular weight excluding hydrogens is 259 g/mol. The van der Waals surface area contributed by atoms with Gasteiger partial charge in [0.15, 0.2) is 5.82 Å². The number of hydrogen-bond donors (Lipinski definition) is 2. The Morgan fingerprint density at radius 1 is 1.42 bits per heavy atom. The number of carbonyl (C=O) groups excluding carboxylic acids is 1. The van der Waals surface area contributed by atoms with Crippen LogP contribution in [0, 0.1) is 21.3 Å². The molecule has 0 unspecified atom stereocenters. The average molecular weight is 270 g/mol. The lowest BCUT2D eigenvalue weighted by molar-refractivity contribution is -0.385. The summed E-state index contributed by atoms with van der Waals surface area (Å²) in [4.78, 5) is 32.1. The van der Waals surface area contributed by atoms with Crippen molar-refractivity contribution in [2.45, 2.75) is 13.8 Å². The predicted octanol–water partition coefficient (Wildman–Crippen LogP) is 1.78. The van der Waals surface area contributed by atoms with E-state index in [0.717, 1.165) is 26.0 Å². The van der Waals surface area contributed by atoms with Gasteiger partial charge in [-0.05, 0) is 19.9 Å². The van der Waals surface area contributed by atoms with E-state index in [2.05, 4.69) is 5.32 Å². The molecule has 0 heterocycles. The van der Waals surface area contributed by atoms with Crippen LogP contribution in [-0.2, 0) is 9.59 Å². The molecule has 0 radical (unpaired) electrons. The van der Waals surface area contributed by atoms with Crippen molar-refractivity contribution >= 4 is 23.3 Å². The van der Waals surface area contributed by atoms with Gasteiger partial charge in [-0.3, -0.25) is 19.7 Å². The van der Waals surface area contributed by atoms with Gasteiger partial charge in [-0.15, -0.1) is 0 Å². The van der Waals surface area contributed by atoms with E-state index in [-0.39, 0.29) is 5.69 Å². The third kappa shape index (κ3) is 3.03. The molecular formula is C11H11FN2O5. The van der Waals surface area contributed by atoms with E-state index in [1.165, 1.54) is 0 Å². The van der Waals surface area contributed by atoms with Gasteiger partial charge in [0, 0.05) is 6.07 Å². The van der Waals surface area contributed by atoms with Crippen molar-refractivity contribution in [1.82, 2.24) is 0 Å². The van der Waals surface area contributed by atoms with Gasteiger partial charge in [-0.2, -0.15) is 0 Å². The summed E-state index contributed by atoms with van der Waals surface area (Å²) in [6.45, 7) is 2.32. The molecule has 0 aliphatic rings. The first-order valence-corrected chi connectivity index (χ1v) is 5.15. The fourth-order valence-electron chi connectivity index (χ4n) is 1.09. The van der Waals surface area contributed by atoms with Gasteiger partial charge in [-0.25, -0.2) is 4.39 Å². The lowest BCUT2D eigenvalue weighted by atomic mass is 9.92. The number of carbonyl (C=O) groups is 2. The number of nitro groups is 1. The number of non-ortho nitro benzene ring substituents is 1. The number of nitrogens with one attached hydrogen (secondary N) is 1. The Hall–Kier alpha value is -2.51. The predicted molar refractivity (Wildman–Crippen MR) is 63.1 cm³/mol. The minimum absolute atomic E-state index is 0.315. The molecule has 0 aromatic heterocycles. The van der Waals surface area contributed by atoms with Crippen molar-refractivity contribution in [2.24, 2.45) is 5.41 Å². The molecule has 19 heavy (non-hydrogen) atoms. The molecule has 2 N–H and O–H groups in total. The largest absolute Gasteiger partial charge is 0.480 e.